The molecule has 0 N–H and O–H groups in total. The summed E-state index contributed by atoms with van der Waals surface area (Å²) in [6.45, 7) is 4.46. The van der Waals surface area contributed by atoms with Crippen molar-refractivity contribution in [3.63, 3.8) is 0 Å². The normalized spacial score (nSPS) is 28.9. The van der Waals surface area contributed by atoms with E-state index in [1.165, 1.54) is 6.42 Å². The van der Waals surface area contributed by atoms with Crippen LogP contribution in [0.4, 0.5) is 0 Å². The molecule has 1 atom stereocenters. The summed E-state index contributed by atoms with van der Waals surface area (Å²) >= 11 is 1.93. The molecule has 1 heterocycles. The number of thioether (sulfide) groups is 1. The smallest absolute Gasteiger partial charge is 0.0277 e. The van der Waals surface area contributed by atoms with E-state index in [1.54, 1.807) is 5.57 Å². The van der Waals surface area contributed by atoms with E-state index in [0.717, 1.165) is 5.25 Å². The van der Waals surface area contributed by atoms with Crippen molar-refractivity contribution in [3.05, 3.63) is 11.0 Å². The number of rotatable bonds is 1. The van der Waals surface area contributed by atoms with Crippen LogP contribution in [0.1, 0.15) is 20.3 Å². The van der Waals surface area contributed by atoms with Crippen molar-refractivity contribution in [1.29, 1.82) is 0 Å². The van der Waals surface area contributed by atoms with Crippen LogP contribution in [0.15, 0.2) is 11.0 Å². The Balaban J connectivity index is 2.41. The van der Waals surface area contributed by atoms with Crippen LogP contribution in [0, 0.1) is 0 Å². The van der Waals surface area contributed by atoms with Gasteiger partial charge in [0.1, 0.15) is 0 Å². The van der Waals surface area contributed by atoms with Gasteiger partial charge in [0.05, 0.1) is 0 Å². The van der Waals surface area contributed by atoms with Crippen LogP contribution in [0.25, 0.3) is 0 Å². The minimum absolute atomic E-state index is 0.824. The molecular formula is C6H10S. The van der Waals surface area contributed by atoms with Crippen molar-refractivity contribution < 1.29 is 0 Å². The molecule has 7 heavy (non-hydrogen) atoms. The second-order valence-corrected chi connectivity index (χ2v) is 3.04. The van der Waals surface area contributed by atoms with Crippen LogP contribution in [0.5, 0.6) is 0 Å². The van der Waals surface area contributed by atoms with Gasteiger partial charge in [-0.05, 0) is 18.8 Å². The third-order valence-electron chi connectivity index (χ3n) is 1.35. The Labute approximate surface area is 49.0 Å². The summed E-state index contributed by atoms with van der Waals surface area (Å²) in [7, 11) is 0. The Kier molecular flexibility index (Phi) is 1.43. The summed E-state index contributed by atoms with van der Waals surface area (Å²) in [6.07, 6.45) is 1.24. The van der Waals surface area contributed by atoms with Gasteiger partial charge in [0.25, 0.3) is 0 Å². The monoisotopic (exact) mass is 114 g/mol. The quantitative estimate of drug-likeness (QED) is 0.504. The lowest BCUT2D eigenvalue weighted by Gasteiger charge is -2.20. The molecule has 40 valence electrons. The first-order valence-corrected chi connectivity index (χ1v) is 3.63. The first-order valence-electron chi connectivity index (χ1n) is 2.69. The average Bonchev–Trinajstić information content (AvgIpc) is 1.65. The Morgan fingerprint density at radius 2 is 2.57 bits per heavy atom. The van der Waals surface area contributed by atoms with Gasteiger partial charge in [-0.3, -0.25) is 0 Å². The molecule has 0 aromatic heterocycles. The molecule has 1 unspecified atom stereocenters. The number of hydrogen-bond acceptors (Lipinski definition) is 1. The largest absolute Gasteiger partial charge is 0.127 e. The summed E-state index contributed by atoms with van der Waals surface area (Å²) in [5.41, 5.74) is 1.62. The van der Waals surface area contributed by atoms with E-state index < -0.39 is 0 Å². The highest BCUT2D eigenvalue weighted by atomic mass is 32.2. The minimum Gasteiger partial charge on any atom is -0.127 e. The highest BCUT2D eigenvalue weighted by molar-refractivity contribution is 8.04. The molecule has 0 fully saturated rings. The van der Waals surface area contributed by atoms with E-state index in [9.17, 15) is 0 Å². The van der Waals surface area contributed by atoms with Crippen LogP contribution >= 0.6 is 11.8 Å². The van der Waals surface area contributed by atoms with Crippen molar-refractivity contribution >= 4 is 11.8 Å². The molecule has 0 radical (unpaired) electrons. The second-order valence-electron chi connectivity index (χ2n) is 1.82. The highest BCUT2D eigenvalue weighted by Gasteiger charge is 2.13. The van der Waals surface area contributed by atoms with E-state index in [-0.39, 0.29) is 0 Å². The van der Waals surface area contributed by atoms with Crippen LogP contribution in [0.3, 0.4) is 0 Å². The molecule has 1 aliphatic heterocycles. The predicted molar refractivity (Wildman–Crippen MR) is 35.4 cm³/mol. The lowest BCUT2D eigenvalue weighted by Crippen LogP contribution is -2.06. The predicted octanol–water partition coefficient (Wildman–Crippen LogP) is 2.42. The van der Waals surface area contributed by atoms with Crippen LogP contribution < -0.4 is 0 Å². The molecular weight excluding hydrogens is 104 g/mol. The lowest BCUT2D eigenvalue weighted by molar-refractivity contribution is 0.981. The van der Waals surface area contributed by atoms with E-state index in [1.807, 2.05) is 11.8 Å². The molecule has 0 nitrogen and oxygen atoms in total. The molecule has 1 heteroatoms. The molecule has 0 bridgehead atoms. The Morgan fingerprint density at radius 3 is 2.57 bits per heavy atom. The van der Waals surface area contributed by atoms with Gasteiger partial charge >= 0.3 is 0 Å². The molecule has 0 aromatic carbocycles. The van der Waals surface area contributed by atoms with E-state index in [0.29, 0.717) is 0 Å². The van der Waals surface area contributed by atoms with Crippen molar-refractivity contribution in [2.45, 2.75) is 25.5 Å². The van der Waals surface area contributed by atoms with Gasteiger partial charge in [-0.2, -0.15) is 0 Å². The fraction of sp³-hybridized carbons (Fsp3) is 0.667. The zero-order valence-electron chi connectivity index (χ0n) is 4.77. The number of hydrogen-bond donors (Lipinski definition) is 0. The molecule has 0 saturated carbocycles. The molecule has 0 spiro atoms. The van der Waals surface area contributed by atoms with Gasteiger partial charge in [0.2, 0.25) is 0 Å². The first kappa shape index (κ1) is 5.23. The van der Waals surface area contributed by atoms with Gasteiger partial charge in [0, 0.05) is 5.25 Å². The van der Waals surface area contributed by atoms with E-state index in [2.05, 4.69) is 19.3 Å². The van der Waals surface area contributed by atoms with Gasteiger partial charge in [-0.15, -0.1) is 11.8 Å². The maximum Gasteiger partial charge on any atom is 0.0277 e. The summed E-state index contributed by atoms with van der Waals surface area (Å²) in [4.78, 5) is 0. The summed E-state index contributed by atoms with van der Waals surface area (Å²) in [5, 5.41) is 3.08. The molecule has 0 aromatic rings. The zero-order chi connectivity index (χ0) is 5.28. The molecule has 0 saturated heterocycles. The third kappa shape index (κ3) is 0.828. The van der Waals surface area contributed by atoms with Gasteiger partial charge < -0.3 is 0 Å². The SMILES string of the molecule is CCC1=CSC1C. The minimum atomic E-state index is 0.824. The standard InChI is InChI=1S/C6H10S/c1-3-6-4-7-5(6)2/h4-5H,3H2,1-2H3. The van der Waals surface area contributed by atoms with Crippen LogP contribution in [0.2, 0.25) is 0 Å². The third-order valence-corrected chi connectivity index (χ3v) is 2.50. The van der Waals surface area contributed by atoms with E-state index >= 15 is 0 Å². The Bertz CT molecular complexity index is 94.4. The van der Waals surface area contributed by atoms with Crippen molar-refractivity contribution in [2.24, 2.45) is 0 Å². The Hall–Kier alpha value is 0.0900. The second kappa shape index (κ2) is 1.91. The topological polar surface area (TPSA) is 0 Å². The van der Waals surface area contributed by atoms with Gasteiger partial charge in [0.15, 0.2) is 0 Å². The van der Waals surface area contributed by atoms with Gasteiger partial charge in [-0.25, -0.2) is 0 Å². The maximum atomic E-state index is 2.25. The summed E-state index contributed by atoms with van der Waals surface area (Å²) in [6, 6.07) is 0. The average molecular weight is 114 g/mol. The molecule has 1 aliphatic rings. The Morgan fingerprint density at radius 1 is 1.86 bits per heavy atom. The molecule has 0 amide bonds. The fourth-order valence-electron chi connectivity index (χ4n) is 0.671. The van der Waals surface area contributed by atoms with Crippen molar-refractivity contribution in [1.82, 2.24) is 0 Å². The highest BCUT2D eigenvalue weighted by Crippen LogP contribution is 2.33. The molecule has 1 rings (SSSR count). The molecule has 0 aliphatic carbocycles. The summed E-state index contributed by atoms with van der Waals surface area (Å²) < 4.78 is 0. The summed E-state index contributed by atoms with van der Waals surface area (Å²) in [5.74, 6) is 0. The van der Waals surface area contributed by atoms with Crippen LogP contribution in [-0.2, 0) is 0 Å². The van der Waals surface area contributed by atoms with Crippen molar-refractivity contribution in [2.75, 3.05) is 0 Å². The zero-order valence-corrected chi connectivity index (χ0v) is 5.59. The first-order chi connectivity index (χ1) is 3.34. The lowest BCUT2D eigenvalue weighted by atomic mass is 10.2. The maximum absolute atomic E-state index is 2.25. The van der Waals surface area contributed by atoms with Crippen LogP contribution in [-0.4, -0.2) is 5.25 Å². The van der Waals surface area contributed by atoms with E-state index in [4.69, 9.17) is 0 Å². The fourth-order valence-corrected chi connectivity index (χ4v) is 1.61. The van der Waals surface area contributed by atoms with Gasteiger partial charge in [-0.1, -0.05) is 12.5 Å². The van der Waals surface area contributed by atoms with Crippen molar-refractivity contribution in [3.8, 4) is 0 Å².